The molecule has 2 atom stereocenters. The fraction of sp³-hybridized carbons (Fsp3) is 0.474. The van der Waals surface area contributed by atoms with Crippen molar-refractivity contribution in [3.63, 3.8) is 0 Å². The van der Waals surface area contributed by atoms with Crippen LogP contribution in [0.25, 0.3) is 5.69 Å². The van der Waals surface area contributed by atoms with E-state index in [2.05, 4.69) is 18.9 Å². The van der Waals surface area contributed by atoms with E-state index in [0.29, 0.717) is 23.7 Å². The second-order valence-corrected chi connectivity index (χ2v) is 7.39. The van der Waals surface area contributed by atoms with Crippen molar-refractivity contribution in [2.75, 3.05) is 13.1 Å². The normalized spacial score (nSPS) is 21.0. The van der Waals surface area contributed by atoms with E-state index >= 15 is 0 Å². The van der Waals surface area contributed by atoms with Crippen LogP contribution in [0.1, 0.15) is 49.7 Å². The maximum Gasteiger partial charge on any atom is 0.257 e. The topological polar surface area (TPSA) is 47.4 Å². The summed E-state index contributed by atoms with van der Waals surface area (Å²) >= 11 is 6.12. The summed E-state index contributed by atoms with van der Waals surface area (Å²) in [6.45, 7) is 9.33. The fourth-order valence-corrected chi connectivity index (χ4v) is 3.59. The van der Waals surface area contributed by atoms with Crippen molar-refractivity contribution in [3.05, 3.63) is 46.7 Å². The maximum atomic E-state index is 13.1. The number of aromatic nitrogens is 2. The SMILES string of the molecule is CC(C)c1c(C(=O)N2C[C@@H](C)O[C@@H](C)C2)cnn1-c1cccc(Cl)c1. The Morgan fingerprint density at radius 2 is 1.96 bits per heavy atom. The zero-order valence-corrected chi connectivity index (χ0v) is 15.8. The van der Waals surface area contributed by atoms with Crippen molar-refractivity contribution in [2.24, 2.45) is 0 Å². The van der Waals surface area contributed by atoms with Gasteiger partial charge in [-0.15, -0.1) is 0 Å². The molecule has 0 saturated carbocycles. The maximum absolute atomic E-state index is 13.1. The molecule has 1 aliphatic heterocycles. The fourth-order valence-electron chi connectivity index (χ4n) is 3.41. The lowest BCUT2D eigenvalue weighted by Crippen LogP contribution is -2.48. The molecule has 1 saturated heterocycles. The van der Waals surface area contributed by atoms with Crippen LogP contribution in [0.2, 0.25) is 5.02 Å². The van der Waals surface area contributed by atoms with Crippen LogP contribution in [0.5, 0.6) is 0 Å². The van der Waals surface area contributed by atoms with E-state index in [9.17, 15) is 4.79 Å². The van der Waals surface area contributed by atoms with Gasteiger partial charge in [-0.1, -0.05) is 31.5 Å². The van der Waals surface area contributed by atoms with Crippen LogP contribution in [0, 0.1) is 0 Å². The number of carbonyl (C=O) groups excluding carboxylic acids is 1. The molecule has 6 heteroatoms. The summed E-state index contributed by atoms with van der Waals surface area (Å²) in [6, 6.07) is 7.51. The van der Waals surface area contributed by atoms with E-state index in [0.717, 1.165) is 11.4 Å². The number of hydrogen-bond donors (Lipinski definition) is 0. The third kappa shape index (κ3) is 3.72. The molecule has 0 spiro atoms. The first-order chi connectivity index (χ1) is 11.9. The standard InChI is InChI=1S/C19H24ClN3O2/c1-12(2)18-17(19(24)22-10-13(3)25-14(4)11-22)9-21-23(18)16-7-5-6-15(20)8-16/h5-9,12-14H,10-11H2,1-4H3/t13-,14+. The minimum atomic E-state index is 0.0129. The van der Waals surface area contributed by atoms with E-state index in [1.807, 2.05) is 47.7 Å². The van der Waals surface area contributed by atoms with Gasteiger partial charge < -0.3 is 9.64 Å². The number of hydrogen-bond acceptors (Lipinski definition) is 3. The van der Waals surface area contributed by atoms with Crippen LogP contribution < -0.4 is 0 Å². The van der Waals surface area contributed by atoms with Gasteiger partial charge in [0.25, 0.3) is 5.91 Å². The van der Waals surface area contributed by atoms with E-state index in [4.69, 9.17) is 16.3 Å². The Labute approximate surface area is 153 Å². The molecule has 0 bridgehead atoms. The third-order valence-corrected chi connectivity index (χ3v) is 4.58. The smallest absolute Gasteiger partial charge is 0.257 e. The molecule has 134 valence electrons. The van der Waals surface area contributed by atoms with Crippen molar-refractivity contribution in [3.8, 4) is 5.69 Å². The Morgan fingerprint density at radius 3 is 2.56 bits per heavy atom. The number of nitrogens with zero attached hydrogens (tertiary/aromatic N) is 3. The molecule has 5 nitrogen and oxygen atoms in total. The Kier molecular flexibility index (Phi) is 5.16. The van der Waals surface area contributed by atoms with Gasteiger partial charge in [-0.25, -0.2) is 4.68 Å². The number of carbonyl (C=O) groups is 1. The summed E-state index contributed by atoms with van der Waals surface area (Å²) in [5.74, 6) is 0.162. The van der Waals surface area contributed by atoms with E-state index in [1.54, 1.807) is 6.20 Å². The lowest BCUT2D eigenvalue weighted by molar-refractivity contribution is -0.0586. The molecule has 0 N–H and O–H groups in total. The molecular weight excluding hydrogens is 338 g/mol. The van der Waals surface area contributed by atoms with Gasteiger partial charge in [-0.05, 0) is 38.0 Å². The lowest BCUT2D eigenvalue weighted by Gasteiger charge is -2.35. The first kappa shape index (κ1) is 18.0. The second-order valence-electron chi connectivity index (χ2n) is 6.96. The van der Waals surface area contributed by atoms with Crippen LogP contribution >= 0.6 is 11.6 Å². The first-order valence-corrected chi connectivity index (χ1v) is 9.03. The highest BCUT2D eigenvalue weighted by Gasteiger charge is 2.30. The highest BCUT2D eigenvalue weighted by Crippen LogP contribution is 2.26. The molecule has 1 aromatic carbocycles. The Morgan fingerprint density at radius 1 is 1.28 bits per heavy atom. The number of halogens is 1. The van der Waals surface area contributed by atoms with Crippen molar-refractivity contribution >= 4 is 17.5 Å². The molecule has 0 unspecified atom stereocenters. The number of amides is 1. The Balaban J connectivity index is 1.98. The van der Waals surface area contributed by atoms with E-state index in [1.165, 1.54) is 0 Å². The molecular formula is C19H24ClN3O2. The van der Waals surface area contributed by atoms with Crippen LogP contribution in [-0.2, 0) is 4.74 Å². The molecule has 1 fully saturated rings. The van der Waals surface area contributed by atoms with Gasteiger partial charge in [0.15, 0.2) is 0 Å². The summed E-state index contributed by atoms with van der Waals surface area (Å²) in [7, 11) is 0. The van der Waals surface area contributed by atoms with Crippen molar-refractivity contribution in [1.29, 1.82) is 0 Å². The van der Waals surface area contributed by atoms with E-state index in [-0.39, 0.29) is 24.0 Å². The zero-order valence-electron chi connectivity index (χ0n) is 15.1. The van der Waals surface area contributed by atoms with Gasteiger partial charge >= 0.3 is 0 Å². The molecule has 1 aliphatic rings. The minimum absolute atomic E-state index is 0.0129. The van der Waals surface area contributed by atoms with Gasteiger partial charge in [-0.3, -0.25) is 4.79 Å². The predicted molar refractivity (Wildman–Crippen MR) is 98.6 cm³/mol. The molecule has 2 heterocycles. The van der Waals surface area contributed by atoms with E-state index < -0.39 is 0 Å². The largest absolute Gasteiger partial charge is 0.372 e. The minimum Gasteiger partial charge on any atom is -0.372 e. The number of benzene rings is 1. The Bertz CT molecular complexity index is 762. The van der Waals surface area contributed by atoms with Gasteiger partial charge in [-0.2, -0.15) is 5.10 Å². The average molecular weight is 362 g/mol. The molecule has 25 heavy (non-hydrogen) atoms. The summed E-state index contributed by atoms with van der Waals surface area (Å²) in [5, 5.41) is 5.13. The molecule has 0 radical (unpaired) electrons. The average Bonchev–Trinajstić information content (AvgIpc) is 2.98. The van der Waals surface area contributed by atoms with Crippen molar-refractivity contribution < 1.29 is 9.53 Å². The highest BCUT2D eigenvalue weighted by molar-refractivity contribution is 6.30. The van der Waals surface area contributed by atoms with Crippen LogP contribution in [-0.4, -0.2) is 45.9 Å². The summed E-state index contributed by atoms with van der Waals surface area (Å²) in [5.41, 5.74) is 2.41. The molecule has 1 amide bonds. The van der Waals surface area contributed by atoms with Crippen LogP contribution in [0.4, 0.5) is 0 Å². The van der Waals surface area contributed by atoms with Gasteiger partial charge in [0, 0.05) is 18.1 Å². The molecule has 1 aromatic heterocycles. The van der Waals surface area contributed by atoms with Gasteiger partial charge in [0.05, 0.1) is 35.3 Å². The third-order valence-electron chi connectivity index (χ3n) is 4.34. The molecule has 3 rings (SSSR count). The molecule has 0 aliphatic carbocycles. The van der Waals surface area contributed by atoms with Crippen LogP contribution in [0.15, 0.2) is 30.5 Å². The van der Waals surface area contributed by atoms with Gasteiger partial charge in [0.2, 0.25) is 0 Å². The quantitative estimate of drug-likeness (QED) is 0.833. The van der Waals surface area contributed by atoms with Gasteiger partial charge in [0.1, 0.15) is 0 Å². The highest BCUT2D eigenvalue weighted by atomic mass is 35.5. The monoisotopic (exact) mass is 361 g/mol. The summed E-state index contributed by atoms with van der Waals surface area (Å²) < 4.78 is 7.55. The zero-order chi connectivity index (χ0) is 18.1. The number of rotatable bonds is 3. The number of ether oxygens (including phenoxy) is 1. The van der Waals surface area contributed by atoms with Crippen molar-refractivity contribution in [2.45, 2.75) is 45.8 Å². The summed E-state index contributed by atoms with van der Waals surface area (Å²) in [4.78, 5) is 15.0. The Hall–Kier alpha value is -1.85. The summed E-state index contributed by atoms with van der Waals surface area (Å²) in [6.07, 6.45) is 1.75. The molecule has 2 aromatic rings. The number of morpholine rings is 1. The van der Waals surface area contributed by atoms with Crippen molar-refractivity contribution in [1.82, 2.24) is 14.7 Å². The predicted octanol–water partition coefficient (Wildman–Crippen LogP) is 3.90. The first-order valence-electron chi connectivity index (χ1n) is 8.65. The van der Waals surface area contributed by atoms with Crippen LogP contribution in [0.3, 0.4) is 0 Å². The second kappa shape index (κ2) is 7.18. The lowest BCUT2D eigenvalue weighted by atomic mass is 10.0.